The maximum Gasteiger partial charge on any atom is 0.247 e. The number of methoxy groups -OCH3 is 1. The first-order valence-corrected chi connectivity index (χ1v) is 9.11. The van der Waals surface area contributed by atoms with E-state index >= 15 is 0 Å². The Balaban J connectivity index is 1.65. The first-order valence-electron chi connectivity index (χ1n) is 11.1. The van der Waals surface area contributed by atoms with Crippen LogP contribution in [-0.2, 0) is 9.53 Å². The van der Waals surface area contributed by atoms with Crippen LogP contribution in [0.2, 0.25) is 0 Å². The highest BCUT2D eigenvalue weighted by Crippen LogP contribution is 2.23. The fraction of sp³-hybridized carbons (Fsp3) is 0.136. The van der Waals surface area contributed by atoms with E-state index in [1.807, 2.05) is 0 Å². The standard InChI is InChI=1S/C22H22FN5O3/c1-3-20(29)25-16-5-4-6-17(13-16)26-21-19(23)14-24-22(28-21)27-15-7-9-18(10-8-15)31-12-11-30-2/h3-10,13-14H,1,11-12H2,2H3,(H,25,29)(H2,24,26,27,28)/i2D3,13D. The van der Waals surface area contributed by atoms with E-state index in [0.29, 0.717) is 11.4 Å². The Morgan fingerprint density at radius 1 is 1.19 bits per heavy atom. The number of benzene rings is 2. The van der Waals surface area contributed by atoms with Gasteiger partial charge in [-0.15, -0.1) is 0 Å². The quantitative estimate of drug-likeness (QED) is 0.329. The van der Waals surface area contributed by atoms with Gasteiger partial charge >= 0.3 is 0 Å². The van der Waals surface area contributed by atoms with Gasteiger partial charge < -0.3 is 25.4 Å². The molecule has 3 N–H and O–H groups in total. The van der Waals surface area contributed by atoms with E-state index in [1.54, 1.807) is 36.4 Å². The van der Waals surface area contributed by atoms with Gasteiger partial charge in [0.15, 0.2) is 11.6 Å². The Morgan fingerprint density at radius 3 is 2.77 bits per heavy atom. The Bertz CT molecular complexity index is 1190. The third-order valence-electron chi connectivity index (χ3n) is 3.80. The predicted octanol–water partition coefficient (Wildman–Crippen LogP) is 4.25. The van der Waals surface area contributed by atoms with Gasteiger partial charge in [-0.3, -0.25) is 4.79 Å². The predicted molar refractivity (Wildman–Crippen MR) is 118 cm³/mol. The van der Waals surface area contributed by atoms with Crippen molar-refractivity contribution < 1.29 is 24.1 Å². The summed E-state index contributed by atoms with van der Waals surface area (Å²) in [6, 6.07) is 11.3. The highest BCUT2D eigenvalue weighted by Gasteiger charge is 2.09. The minimum absolute atomic E-state index is 0.0601. The topological polar surface area (TPSA) is 97.4 Å². The number of nitrogens with one attached hydrogen (secondary N) is 3. The zero-order valence-corrected chi connectivity index (χ0v) is 16.3. The summed E-state index contributed by atoms with van der Waals surface area (Å²) in [6.45, 7) is 3.35. The number of hydrogen-bond donors (Lipinski definition) is 3. The lowest BCUT2D eigenvalue weighted by molar-refractivity contribution is -0.111. The summed E-state index contributed by atoms with van der Waals surface area (Å²) in [5, 5.41) is 8.18. The van der Waals surface area contributed by atoms with Crippen molar-refractivity contribution in [2.75, 3.05) is 36.2 Å². The van der Waals surface area contributed by atoms with Crippen LogP contribution >= 0.6 is 0 Å². The molecule has 0 aliphatic carbocycles. The Labute approximate surface area is 184 Å². The molecule has 0 bridgehead atoms. The monoisotopic (exact) mass is 427 g/mol. The molecule has 0 saturated heterocycles. The highest BCUT2D eigenvalue weighted by molar-refractivity contribution is 5.99. The molecule has 0 atom stereocenters. The molecule has 160 valence electrons. The SMILES string of the molecule is [2H]c1c(NC(=O)C=C)cccc1Nc1nc(Nc2ccc(OCCOC([2H])([2H])[2H])cc2)ncc1F. The van der Waals surface area contributed by atoms with Crippen molar-refractivity contribution in [3.8, 4) is 5.75 Å². The van der Waals surface area contributed by atoms with Crippen LogP contribution in [0.1, 0.15) is 5.48 Å². The van der Waals surface area contributed by atoms with Crippen molar-refractivity contribution in [2.45, 2.75) is 0 Å². The molecule has 0 spiro atoms. The Kier molecular flexibility index (Phi) is 5.79. The summed E-state index contributed by atoms with van der Waals surface area (Å²) in [5.74, 6) is -0.790. The van der Waals surface area contributed by atoms with Crippen LogP contribution in [0.3, 0.4) is 0 Å². The number of ether oxygens (including phenoxy) is 2. The number of carbonyl (C=O) groups excluding carboxylic acids is 1. The molecule has 3 aromatic rings. The number of amides is 1. The van der Waals surface area contributed by atoms with Gasteiger partial charge in [-0.05, 0) is 48.5 Å². The number of anilines is 5. The first kappa shape index (κ1) is 16.8. The second kappa shape index (κ2) is 10.7. The molecule has 1 amide bonds. The van der Waals surface area contributed by atoms with Gasteiger partial charge in [0.05, 0.1) is 18.3 Å². The van der Waals surface area contributed by atoms with Crippen molar-refractivity contribution >= 4 is 34.7 Å². The maximum absolute atomic E-state index is 14.3. The number of hydrogen-bond acceptors (Lipinski definition) is 7. The van der Waals surface area contributed by atoms with Crippen LogP contribution in [0.4, 0.5) is 33.2 Å². The third-order valence-corrected chi connectivity index (χ3v) is 3.80. The number of aromatic nitrogens is 2. The van der Waals surface area contributed by atoms with Gasteiger partial charge in [-0.25, -0.2) is 9.37 Å². The van der Waals surface area contributed by atoms with Gasteiger partial charge in [0.25, 0.3) is 0 Å². The van der Waals surface area contributed by atoms with E-state index in [2.05, 4.69) is 37.2 Å². The molecule has 0 aliphatic heterocycles. The molecule has 0 fully saturated rings. The largest absolute Gasteiger partial charge is 0.491 e. The molecule has 1 aromatic heterocycles. The van der Waals surface area contributed by atoms with E-state index in [0.717, 1.165) is 12.3 Å². The zero-order valence-electron chi connectivity index (χ0n) is 20.3. The molecule has 3 rings (SSSR count). The molecular weight excluding hydrogens is 401 g/mol. The molecule has 2 aromatic carbocycles. The number of nitrogens with zero attached hydrogens (tertiary/aromatic N) is 2. The van der Waals surface area contributed by atoms with Crippen molar-refractivity contribution in [3.63, 3.8) is 0 Å². The lowest BCUT2D eigenvalue weighted by Gasteiger charge is -2.11. The van der Waals surface area contributed by atoms with Crippen LogP contribution in [0, 0.1) is 5.82 Å². The van der Waals surface area contributed by atoms with Crippen LogP contribution in [0.15, 0.2) is 67.4 Å². The summed E-state index contributed by atoms with van der Waals surface area (Å²) in [5.41, 5.74) is 1.03. The molecular formula is C22H22FN5O3. The zero-order chi connectivity index (χ0) is 25.4. The molecule has 31 heavy (non-hydrogen) atoms. The van der Waals surface area contributed by atoms with Crippen LogP contribution in [0.25, 0.3) is 0 Å². The van der Waals surface area contributed by atoms with E-state index in [1.165, 1.54) is 6.07 Å². The average Bonchev–Trinajstić information content (AvgIpc) is 2.81. The molecule has 0 radical (unpaired) electrons. The number of carbonyl (C=O) groups is 1. The van der Waals surface area contributed by atoms with Crippen molar-refractivity contribution in [1.29, 1.82) is 0 Å². The van der Waals surface area contributed by atoms with Crippen LogP contribution < -0.4 is 20.7 Å². The second-order valence-corrected chi connectivity index (χ2v) is 6.03. The summed E-state index contributed by atoms with van der Waals surface area (Å²) in [6.07, 6.45) is 2.06. The molecule has 1 heterocycles. The minimum Gasteiger partial charge on any atom is -0.491 e. The summed E-state index contributed by atoms with van der Waals surface area (Å²) >= 11 is 0. The van der Waals surface area contributed by atoms with Crippen molar-refractivity contribution in [3.05, 3.63) is 73.2 Å². The maximum atomic E-state index is 14.3. The van der Waals surface area contributed by atoms with E-state index in [9.17, 15) is 9.18 Å². The summed E-state index contributed by atoms with van der Waals surface area (Å²) in [7, 11) is -2.47. The average molecular weight is 427 g/mol. The van der Waals surface area contributed by atoms with E-state index in [4.69, 9.17) is 10.2 Å². The van der Waals surface area contributed by atoms with Gasteiger partial charge in [-0.1, -0.05) is 12.6 Å². The van der Waals surface area contributed by atoms with Gasteiger partial charge in [-0.2, -0.15) is 4.98 Å². The van der Waals surface area contributed by atoms with Gasteiger partial charge in [0, 0.05) is 24.1 Å². The highest BCUT2D eigenvalue weighted by atomic mass is 19.1. The molecule has 8 nitrogen and oxygen atoms in total. The smallest absolute Gasteiger partial charge is 0.247 e. The normalized spacial score (nSPS) is 12.5. The van der Waals surface area contributed by atoms with E-state index < -0.39 is 18.8 Å². The number of rotatable bonds is 10. The third kappa shape index (κ3) is 6.51. The van der Waals surface area contributed by atoms with Crippen molar-refractivity contribution in [1.82, 2.24) is 9.97 Å². The number of halogens is 1. The molecule has 0 unspecified atom stereocenters. The Morgan fingerprint density at radius 2 is 2.00 bits per heavy atom. The molecule has 0 saturated carbocycles. The van der Waals surface area contributed by atoms with Gasteiger partial charge in [0.2, 0.25) is 11.9 Å². The summed E-state index contributed by atoms with van der Waals surface area (Å²) in [4.78, 5) is 19.6. The van der Waals surface area contributed by atoms with Crippen molar-refractivity contribution in [2.24, 2.45) is 0 Å². The van der Waals surface area contributed by atoms with Gasteiger partial charge in [0.1, 0.15) is 12.4 Å². The van der Waals surface area contributed by atoms with E-state index in [-0.39, 0.29) is 42.4 Å². The van der Waals surface area contributed by atoms with Crippen LogP contribution in [0.5, 0.6) is 5.75 Å². The lowest BCUT2D eigenvalue weighted by atomic mass is 10.2. The summed E-state index contributed by atoms with van der Waals surface area (Å²) < 4.78 is 53.5. The molecule has 0 aliphatic rings. The van der Waals surface area contributed by atoms with Crippen LogP contribution in [-0.4, -0.2) is 36.1 Å². The lowest BCUT2D eigenvalue weighted by Crippen LogP contribution is -2.07. The fourth-order valence-electron chi connectivity index (χ4n) is 2.41. The Hall–Kier alpha value is -3.98. The second-order valence-electron chi connectivity index (χ2n) is 6.03. The minimum atomic E-state index is -2.47. The molecule has 9 heteroatoms. The fourth-order valence-corrected chi connectivity index (χ4v) is 2.41. The first-order chi connectivity index (χ1) is 16.6.